The fraction of sp³-hybridized carbons (Fsp3) is 0.733. The number of aromatic nitrogens is 2. The topological polar surface area (TPSA) is 75.9 Å². The number of nitrogens with one attached hydrogen (secondary N) is 2. The Hall–Kier alpha value is -1.36. The van der Waals surface area contributed by atoms with Gasteiger partial charge in [-0.05, 0) is 43.9 Å². The van der Waals surface area contributed by atoms with Crippen LogP contribution in [0.3, 0.4) is 0 Å². The molecule has 3 atom stereocenters. The van der Waals surface area contributed by atoms with Gasteiger partial charge in [0.25, 0.3) is 0 Å². The highest BCUT2D eigenvalue weighted by molar-refractivity contribution is 5.56. The zero-order valence-corrected chi connectivity index (χ0v) is 12.4. The molecule has 2 bridgehead atoms. The van der Waals surface area contributed by atoms with Crippen LogP contribution in [0.4, 0.5) is 11.6 Å². The first-order valence-corrected chi connectivity index (χ1v) is 7.79. The van der Waals surface area contributed by atoms with Gasteiger partial charge in [0.1, 0.15) is 17.5 Å². The first-order chi connectivity index (χ1) is 9.71. The summed E-state index contributed by atoms with van der Waals surface area (Å²) in [5, 5.41) is 3.54. The normalized spacial score (nSPS) is 27.9. The smallest absolute Gasteiger partial charge is 0.148 e. The van der Waals surface area contributed by atoms with Gasteiger partial charge in [-0.3, -0.25) is 0 Å². The fourth-order valence-corrected chi connectivity index (χ4v) is 3.89. The molecule has 3 unspecified atom stereocenters. The van der Waals surface area contributed by atoms with Crippen molar-refractivity contribution in [2.75, 3.05) is 17.3 Å². The Balaban J connectivity index is 1.70. The molecule has 110 valence electrons. The molecule has 2 saturated carbocycles. The van der Waals surface area contributed by atoms with Crippen molar-refractivity contribution in [3.63, 3.8) is 0 Å². The summed E-state index contributed by atoms with van der Waals surface area (Å²) < 4.78 is 0. The van der Waals surface area contributed by atoms with E-state index in [0.717, 1.165) is 53.7 Å². The van der Waals surface area contributed by atoms with E-state index in [4.69, 9.17) is 5.84 Å². The second-order valence-electron chi connectivity index (χ2n) is 6.28. The number of nitrogens with two attached hydrogens (primary N) is 1. The summed E-state index contributed by atoms with van der Waals surface area (Å²) in [6.45, 7) is 5.11. The Bertz CT molecular complexity index is 487. The molecule has 3 rings (SSSR count). The maximum Gasteiger partial charge on any atom is 0.148 e. The predicted octanol–water partition coefficient (Wildman–Crippen LogP) is 2.48. The van der Waals surface area contributed by atoms with E-state index < -0.39 is 0 Å². The lowest BCUT2D eigenvalue weighted by atomic mass is 9.89. The van der Waals surface area contributed by atoms with Crippen molar-refractivity contribution in [1.82, 2.24) is 9.97 Å². The number of rotatable bonds is 5. The van der Waals surface area contributed by atoms with Gasteiger partial charge in [-0.2, -0.15) is 0 Å². The molecule has 2 aliphatic carbocycles. The van der Waals surface area contributed by atoms with Gasteiger partial charge in [0.2, 0.25) is 0 Å². The first-order valence-electron chi connectivity index (χ1n) is 7.79. The lowest BCUT2D eigenvalue weighted by Crippen LogP contribution is -2.22. The Kier molecular flexibility index (Phi) is 3.78. The van der Waals surface area contributed by atoms with Crippen molar-refractivity contribution in [2.24, 2.45) is 23.6 Å². The number of nitrogen functional groups attached to an aromatic ring is 1. The monoisotopic (exact) mass is 275 g/mol. The molecule has 5 nitrogen and oxygen atoms in total. The summed E-state index contributed by atoms with van der Waals surface area (Å²) in [4.78, 5) is 9.01. The van der Waals surface area contributed by atoms with Crippen LogP contribution in [0.5, 0.6) is 0 Å². The lowest BCUT2D eigenvalue weighted by Gasteiger charge is -2.23. The molecule has 2 fully saturated rings. The Morgan fingerprint density at radius 2 is 2.00 bits per heavy atom. The maximum absolute atomic E-state index is 5.54. The van der Waals surface area contributed by atoms with Crippen molar-refractivity contribution in [3.05, 3.63) is 11.4 Å². The minimum Gasteiger partial charge on any atom is -0.369 e. The van der Waals surface area contributed by atoms with Gasteiger partial charge in [-0.25, -0.2) is 15.8 Å². The van der Waals surface area contributed by atoms with Gasteiger partial charge < -0.3 is 10.7 Å². The molecule has 0 aromatic carbocycles. The third-order valence-corrected chi connectivity index (χ3v) is 5.06. The number of aryl methyl sites for hydroxylation is 1. The lowest BCUT2D eigenvalue weighted by molar-refractivity contribution is 0.348. The molecule has 0 aliphatic heterocycles. The Morgan fingerprint density at radius 1 is 1.20 bits per heavy atom. The van der Waals surface area contributed by atoms with Gasteiger partial charge in [0, 0.05) is 18.5 Å². The number of nitrogens with zero attached hydrogens (tertiary/aromatic N) is 2. The number of anilines is 2. The van der Waals surface area contributed by atoms with Gasteiger partial charge >= 0.3 is 0 Å². The molecule has 0 radical (unpaired) electrons. The summed E-state index contributed by atoms with van der Waals surface area (Å²) in [6, 6.07) is 0. The van der Waals surface area contributed by atoms with Crippen LogP contribution in [0.1, 0.15) is 44.0 Å². The third-order valence-electron chi connectivity index (χ3n) is 5.06. The summed E-state index contributed by atoms with van der Waals surface area (Å²) in [7, 11) is 0. The Morgan fingerprint density at radius 3 is 2.60 bits per heavy atom. The van der Waals surface area contributed by atoms with Gasteiger partial charge in [0.15, 0.2) is 0 Å². The van der Waals surface area contributed by atoms with E-state index in [1.165, 1.54) is 25.7 Å². The summed E-state index contributed by atoms with van der Waals surface area (Å²) in [6.07, 6.45) is 6.54. The molecule has 0 spiro atoms. The highest BCUT2D eigenvalue weighted by atomic mass is 15.3. The first kappa shape index (κ1) is 13.6. The molecule has 4 N–H and O–H groups in total. The molecule has 1 heterocycles. The summed E-state index contributed by atoms with van der Waals surface area (Å²) in [5.74, 6) is 10.8. The summed E-state index contributed by atoms with van der Waals surface area (Å²) in [5.41, 5.74) is 3.68. The molecule has 1 aromatic heterocycles. The van der Waals surface area contributed by atoms with Crippen molar-refractivity contribution < 1.29 is 0 Å². The van der Waals surface area contributed by atoms with Crippen molar-refractivity contribution in [3.8, 4) is 0 Å². The third kappa shape index (κ3) is 2.46. The maximum atomic E-state index is 5.54. The molecule has 2 aliphatic rings. The van der Waals surface area contributed by atoms with E-state index in [2.05, 4.69) is 27.6 Å². The highest BCUT2D eigenvalue weighted by Gasteiger charge is 2.39. The van der Waals surface area contributed by atoms with Gasteiger partial charge in [-0.1, -0.05) is 13.3 Å². The van der Waals surface area contributed by atoms with Crippen LogP contribution in [0.2, 0.25) is 0 Å². The number of hydrogen-bond acceptors (Lipinski definition) is 5. The minimum atomic E-state index is 0.729. The van der Waals surface area contributed by atoms with Gasteiger partial charge in [-0.15, -0.1) is 0 Å². The molecule has 5 heteroatoms. The van der Waals surface area contributed by atoms with Crippen LogP contribution >= 0.6 is 0 Å². The van der Waals surface area contributed by atoms with Crippen LogP contribution in [0.25, 0.3) is 0 Å². The van der Waals surface area contributed by atoms with E-state index in [-0.39, 0.29) is 0 Å². The Labute approximate surface area is 120 Å². The average Bonchev–Trinajstić information content (AvgIpc) is 3.08. The quantitative estimate of drug-likeness (QED) is 0.568. The largest absolute Gasteiger partial charge is 0.369 e. The fourth-order valence-electron chi connectivity index (χ4n) is 3.89. The van der Waals surface area contributed by atoms with E-state index in [0.29, 0.717) is 0 Å². The highest BCUT2D eigenvalue weighted by Crippen LogP contribution is 2.48. The van der Waals surface area contributed by atoms with Crippen LogP contribution in [-0.4, -0.2) is 16.5 Å². The van der Waals surface area contributed by atoms with E-state index in [9.17, 15) is 0 Å². The van der Waals surface area contributed by atoms with E-state index in [1.54, 1.807) is 0 Å². The van der Waals surface area contributed by atoms with Crippen molar-refractivity contribution in [2.45, 2.75) is 46.0 Å². The minimum absolute atomic E-state index is 0.729. The zero-order valence-electron chi connectivity index (χ0n) is 12.4. The SMILES string of the molecule is CCc1nc(NN)c(C)c(NCC2CC3CCC2C3)n1. The number of hydrazine groups is 1. The molecular weight excluding hydrogens is 250 g/mol. The molecule has 0 amide bonds. The van der Waals surface area contributed by atoms with Crippen LogP contribution in [-0.2, 0) is 6.42 Å². The number of fused-ring (bicyclic) bond motifs is 2. The van der Waals surface area contributed by atoms with Crippen molar-refractivity contribution >= 4 is 11.6 Å². The average molecular weight is 275 g/mol. The van der Waals surface area contributed by atoms with E-state index in [1.807, 2.05) is 6.92 Å². The van der Waals surface area contributed by atoms with Crippen LogP contribution < -0.4 is 16.6 Å². The van der Waals surface area contributed by atoms with Crippen molar-refractivity contribution in [1.29, 1.82) is 0 Å². The molecule has 1 aromatic rings. The number of hydrogen-bond donors (Lipinski definition) is 3. The standard InChI is InChI=1S/C15H25N5/c1-3-13-18-14(9(2)15(19-13)20-16)17-8-12-7-10-4-5-11(12)6-10/h10-12H,3-8,16H2,1-2H3,(H2,17,18,19,20). The molecule has 20 heavy (non-hydrogen) atoms. The molecular formula is C15H25N5. The van der Waals surface area contributed by atoms with Crippen LogP contribution in [0.15, 0.2) is 0 Å². The van der Waals surface area contributed by atoms with E-state index >= 15 is 0 Å². The van der Waals surface area contributed by atoms with Crippen LogP contribution in [0, 0.1) is 24.7 Å². The second kappa shape index (κ2) is 5.56. The zero-order chi connectivity index (χ0) is 14.1. The summed E-state index contributed by atoms with van der Waals surface area (Å²) >= 11 is 0. The van der Waals surface area contributed by atoms with Gasteiger partial charge in [0.05, 0.1) is 0 Å². The molecule has 0 saturated heterocycles. The predicted molar refractivity (Wildman–Crippen MR) is 81.4 cm³/mol. The second-order valence-corrected chi connectivity index (χ2v) is 6.28.